The number of nitrogens with one attached hydrogen (secondary N) is 3. The van der Waals surface area contributed by atoms with E-state index < -0.39 is 0 Å². The zero-order valence-corrected chi connectivity index (χ0v) is 20.4. The molecule has 1 unspecified atom stereocenters. The van der Waals surface area contributed by atoms with E-state index in [-0.39, 0.29) is 35.6 Å². The average molecular weight is 506 g/mol. The molecule has 1 rings (SSSR count). The van der Waals surface area contributed by atoms with Crippen molar-refractivity contribution in [1.29, 1.82) is 0 Å². The van der Waals surface area contributed by atoms with Crippen LogP contribution in [0.3, 0.4) is 0 Å². The summed E-state index contributed by atoms with van der Waals surface area (Å²) in [6.45, 7) is 13.0. The Kier molecular flexibility index (Phi) is 15.4. The van der Waals surface area contributed by atoms with E-state index in [1.54, 1.807) is 7.11 Å². The third-order valence-electron chi connectivity index (χ3n) is 4.07. The van der Waals surface area contributed by atoms with Crippen LogP contribution in [0, 0.1) is 0 Å². The van der Waals surface area contributed by atoms with E-state index in [0.717, 1.165) is 32.1 Å². The molecule has 0 aliphatic carbocycles. The molecule has 0 radical (unpaired) electrons. The predicted molar refractivity (Wildman–Crippen MR) is 129 cm³/mol. The Morgan fingerprint density at radius 3 is 2.46 bits per heavy atom. The molecule has 0 aromatic heterocycles. The molecule has 1 aromatic carbocycles. The highest BCUT2D eigenvalue weighted by Crippen LogP contribution is 2.16. The maximum atomic E-state index is 5.48. The Labute approximate surface area is 188 Å². The molecule has 28 heavy (non-hydrogen) atoms. The molecule has 1 atom stereocenters. The van der Waals surface area contributed by atoms with Crippen LogP contribution in [0.2, 0.25) is 0 Å². The number of ether oxygens (including phenoxy) is 2. The number of aliphatic imine (C=N–C) groups is 1. The minimum atomic E-state index is -0.110. The molecule has 0 saturated heterocycles. The van der Waals surface area contributed by atoms with Crippen molar-refractivity contribution in [3.63, 3.8) is 0 Å². The van der Waals surface area contributed by atoms with Gasteiger partial charge in [0, 0.05) is 38.4 Å². The van der Waals surface area contributed by atoms with Crippen LogP contribution >= 0.6 is 24.0 Å². The van der Waals surface area contributed by atoms with Crippen LogP contribution < -0.4 is 16.0 Å². The van der Waals surface area contributed by atoms with Gasteiger partial charge >= 0.3 is 0 Å². The second kappa shape index (κ2) is 16.0. The molecule has 162 valence electrons. The Bertz CT molecular complexity index is 526. The average Bonchev–Trinajstić information content (AvgIpc) is 2.65. The normalized spacial score (nSPS) is 13.0. The van der Waals surface area contributed by atoms with Gasteiger partial charge in [-0.3, -0.25) is 4.99 Å². The first-order valence-electron chi connectivity index (χ1n) is 9.90. The second-order valence-electron chi connectivity index (χ2n) is 7.24. The lowest BCUT2D eigenvalue weighted by atomic mass is 10.0. The Morgan fingerprint density at radius 1 is 1.11 bits per heavy atom. The lowest BCUT2D eigenvalue weighted by Gasteiger charge is -2.29. The minimum Gasteiger partial charge on any atom is -0.382 e. The van der Waals surface area contributed by atoms with Gasteiger partial charge in [0.15, 0.2) is 5.96 Å². The number of benzene rings is 1. The lowest BCUT2D eigenvalue weighted by Crippen LogP contribution is -2.45. The SMILES string of the molecule is CCNC(=NCC(C)(C)NC(C)c1ccccc1)NCCCOCCOC.I. The summed E-state index contributed by atoms with van der Waals surface area (Å²) in [5.74, 6) is 0.844. The van der Waals surface area contributed by atoms with Crippen LogP contribution in [-0.4, -0.2) is 58.1 Å². The third kappa shape index (κ3) is 12.5. The zero-order chi connectivity index (χ0) is 20.0. The fourth-order valence-corrected chi connectivity index (χ4v) is 2.70. The molecule has 3 N–H and O–H groups in total. The minimum absolute atomic E-state index is 0. The first-order valence-corrected chi connectivity index (χ1v) is 9.90. The Hall–Kier alpha value is -0.900. The molecule has 0 aliphatic rings. The molecular weight excluding hydrogens is 467 g/mol. The van der Waals surface area contributed by atoms with E-state index in [1.807, 2.05) is 6.07 Å². The number of rotatable bonds is 13. The quantitative estimate of drug-likeness (QED) is 0.166. The van der Waals surface area contributed by atoms with Gasteiger partial charge in [-0.05, 0) is 39.7 Å². The lowest BCUT2D eigenvalue weighted by molar-refractivity contribution is 0.0698. The summed E-state index contributed by atoms with van der Waals surface area (Å²) in [6, 6.07) is 10.8. The molecular formula is C21H39IN4O2. The van der Waals surface area contributed by atoms with Crippen molar-refractivity contribution in [3.05, 3.63) is 35.9 Å². The van der Waals surface area contributed by atoms with Crippen LogP contribution in [0.4, 0.5) is 0 Å². The van der Waals surface area contributed by atoms with Crippen molar-refractivity contribution in [3.8, 4) is 0 Å². The molecule has 0 spiro atoms. The molecule has 0 saturated carbocycles. The van der Waals surface area contributed by atoms with Crippen LogP contribution in [0.1, 0.15) is 45.7 Å². The van der Waals surface area contributed by atoms with E-state index in [2.05, 4.69) is 67.9 Å². The summed E-state index contributed by atoms with van der Waals surface area (Å²) < 4.78 is 10.4. The highest BCUT2D eigenvalue weighted by molar-refractivity contribution is 14.0. The van der Waals surface area contributed by atoms with E-state index in [9.17, 15) is 0 Å². The number of halogens is 1. The van der Waals surface area contributed by atoms with Gasteiger partial charge in [0.05, 0.1) is 19.8 Å². The van der Waals surface area contributed by atoms with Gasteiger partial charge in [0.1, 0.15) is 0 Å². The number of methoxy groups -OCH3 is 1. The number of hydrogen-bond donors (Lipinski definition) is 3. The van der Waals surface area contributed by atoms with E-state index in [4.69, 9.17) is 14.5 Å². The van der Waals surface area contributed by atoms with Gasteiger partial charge in [0.2, 0.25) is 0 Å². The van der Waals surface area contributed by atoms with Gasteiger partial charge in [0.25, 0.3) is 0 Å². The first kappa shape index (κ1) is 27.1. The van der Waals surface area contributed by atoms with E-state index in [1.165, 1.54) is 5.56 Å². The summed E-state index contributed by atoms with van der Waals surface area (Å²) in [4.78, 5) is 4.75. The molecule has 0 fully saturated rings. The highest BCUT2D eigenvalue weighted by atomic mass is 127. The topological polar surface area (TPSA) is 66.9 Å². The van der Waals surface area contributed by atoms with Crippen molar-refractivity contribution >= 4 is 29.9 Å². The summed E-state index contributed by atoms with van der Waals surface area (Å²) in [5.41, 5.74) is 1.17. The molecule has 0 heterocycles. The van der Waals surface area contributed by atoms with Crippen LogP contribution in [-0.2, 0) is 9.47 Å². The van der Waals surface area contributed by atoms with Gasteiger partial charge in [-0.25, -0.2) is 0 Å². The molecule has 0 amide bonds. The smallest absolute Gasteiger partial charge is 0.191 e. The fraction of sp³-hybridized carbons (Fsp3) is 0.667. The second-order valence-corrected chi connectivity index (χ2v) is 7.24. The molecule has 7 heteroatoms. The molecule has 0 aliphatic heterocycles. The van der Waals surface area contributed by atoms with E-state index in [0.29, 0.717) is 19.8 Å². The van der Waals surface area contributed by atoms with E-state index >= 15 is 0 Å². The first-order chi connectivity index (χ1) is 13.0. The Morgan fingerprint density at radius 2 is 1.82 bits per heavy atom. The molecule has 0 bridgehead atoms. The number of nitrogens with zero attached hydrogens (tertiary/aromatic N) is 1. The monoisotopic (exact) mass is 506 g/mol. The molecule has 6 nitrogen and oxygen atoms in total. The molecule has 1 aromatic rings. The zero-order valence-electron chi connectivity index (χ0n) is 18.1. The summed E-state index contributed by atoms with van der Waals surface area (Å²) in [7, 11) is 1.68. The predicted octanol–water partition coefficient (Wildman–Crippen LogP) is 3.34. The largest absolute Gasteiger partial charge is 0.382 e. The van der Waals surface area contributed by atoms with Gasteiger partial charge < -0.3 is 25.4 Å². The Balaban J connectivity index is 0.00000729. The summed E-state index contributed by atoms with van der Waals surface area (Å²) >= 11 is 0. The van der Waals surface area contributed by atoms with Crippen molar-refractivity contribution in [2.75, 3.05) is 46.6 Å². The third-order valence-corrected chi connectivity index (χ3v) is 4.07. The van der Waals surface area contributed by atoms with Gasteiger partial charge in [-0.1, -0.05) is 30.3 Å². The van der Waals surface area contributed by atoms with Crippen molar-refractivity contribution in [1.82, 2.24) is 16.0 Å². The maximum Gasteiger partial charge on any atom is 0.191 e. The van der Waals surface area contributed by atoms with Gasteiger partial charge in [-0.15, -0.1) is 24.0 Å². The van der Waals surface area contributed by atoms with Crippen molar-refractivity contribution in [2.45, 2.75) is 45.7 Å². The number of hydrogen-bond acceptors (Lipinski definition) is 4. The number of guanidine groups is 1. The highest BCUT2D eigenvalue weighted by Gasteiger charge is 2.20. The standard InChI is InChI=1S/C21H38N4O2.HI/c1-6-22-20(23-13-10-14-27-16-15-26-5)24-17-21(3,4)25-18(2)19-11-8-7-9-12-19;/h7-9,11-12,18,25H,6,10,13-17H2,1-5H3,(H2,22,23,24);1H. The van der Waals surface area contributed by atoms with Crippen LogP contribution in [0.15, 0.2) is 35.3 Å². The summed E-state index contributed by atoms with van der Waals surface area (Å²) in [5, 5.41) is 10.3. The van der Waals surface area contributed by atoms with Crippen molar-refractivity contribution in [2.24, 2.45) is 4.99 Å². The van der Waals surface area contributed by atoms with Crippen LogP contribution in [0.5, 0.6) is 0 Å². The van der Waals surface area contributed by atoms with Gasteiger partial charge in [-0.2, -0.15) is 0 Å². The maximum absolute atomic E-state index is 5.48. The fourth-order valence-electron chi connectivity index (χ4n) is 2.70. The summed E-state index contributed by atoms with van der Waals surface area (Å²) in [6.07, 6.45) is 0.931. The van der Waals surface area contributed by atoms with Crippen LogP contribution in [0.25, 0.3) is 0 Å². The van der Waals surface area contributed by atoms with Crippen molar-refractivity contribution < 1.29 is 9.47 Å².